The first-order valence-corrected chi connectivity index (χ1v) is 9.80. The molecule has 8 heteroatoms. The summed E-state index contributed by atoms with van der Waals surface area (Å²) in [5.74, 6) is 0.923. The van der Waals surface area contributed by atoms with Crippen molar-refractivity contribution in [3.63, 3.8) is 0 Å². The summed E-state index contributed by atoms with van der Waals surface area (Å²) >= 11 is 0. The second-order valence-electron chi connectivity index (χ2n) is 7.41. The van der Waals surface area contributed by atoms with Crippen LogP contribution >= 0.6 is 0 Å². The van der Waals surface area contributed by atoms with Crippen molar-refractivity contribution in [2.24, 2.45) is 0 Å². The third-order valence-corrected chi connectivity index (χ3v) is 5.63. The van der Waals surface area contributed by atoms with Crippen molar-refractivity contribution < 1.29 is 14.1 Å². The first-order chi connectivity index (χ1) is 13.7. The Bertz CT molecular complexity index is 787. The summed E-state index contributed by atoms with van der Waals surface area (Å²) in [6, 6.07) is 9.64. The van der Waals surface area contributed by atoms with Crippen LogP contribution in [0.3, 0.4) is 0 Å². The molecule has 2 aliphatic rings. The Morgan fingerprint density at radius 3 is 2.68 bits per heavy atom. The number of hydrogen-bond acceptors (Lipinski definition) is 6. The molecule has 0 saturated carbocycles. The molecule has 8 nitrogen and oxygen atoms in total. The largest absolute Gasteiger partial charge is 0.353 e. The fourth-order valence-corrected chi connectivity index (χ4v) is 4.03. The lowest BCUT2D eigenvalue weighted by Gasteiger charge is -2.37. The summed E-state index contributed by atoms with van der Waals surface area (Å²) in [5, 5.41) is 6.82. The minimum absolute atomic E-state index is 0.0340. The molecule has 1 aromatic carbocycles. The van der Waals surface area contributed by atoms with E-state index < -0.39 is 6.04 Å². The van der Waals surface area contributed by atoms with Gasteiger partial charge in [0.15, 0.2) is 5.82 Å². The van der Waals surface area contributed by atoms with Gasteiger partial charge in [0.1, 0.15) is 0 Å². The van der Waals surface area contributed by atoms with Crippen LogP contribution in [0.1, 0.15) is 36.6 Å². The lowest BCUT2D eigenvalue weighted by atomic mass is 9.95. The Morgan fingerprint density at radius 1 is 1.18 bits per heavy atom. The van der Waals surface area contributed by atoms with Gasteiger partial charge in [0, 0.05) is 38.6 Å². The third kappa shape index (κ3) is 4.22. The predicted octanol–water partition coefficient (Wildman–Crippen LogP) is 1.17. The molecule has 2 fully saturated rings. The van der Waals surface area contributed by atoms with Crippen molar-refractivity contribution in [1.29, 1.82) is 0 Å². The van der Waals surface area contributed by atoms with Gasteiger partial charge in [0.2, 0.25) is 18.2 Å². The standard InChI is InChI=1S/C20H25N5O3/c26-18(24-9-6-16(7-10-24)19-22-14-28-23-19)12-17-20(27)21-8-11-25(17)13-15-4-2-1-3-5-15/h1-5,14,16-17H,6-13H2,(H,21,27)/t17-/m1/s1. The lowest BCUT2D eigenvalue weighted by Crippen LogP contribution is -2.56. The van der Waals surface area contributed by atoms with Gasteiger partial charge in [0.05, 0.1) is 12.5 Å². The van der Waals surface area contributed by atoms with E-state index in [-0.39, 0.29) is 24.2 Å². The fraction of sp³-hybridized carbons (Fsp3) is 0.500. The molecule has 1 aromatic heterocycles. The summed E-state index contributed by atoms with van der Waals surface area (Å²) in [6.07, 6.45) is 3.19. The first-order valence-electron chi connectivity index (χ1n) is 9.80. The number of amides is 2. The maximum absolute atomic E-state index is 12.9. The van der Waals surface area contributed by atoms with Crippen LogP contribution in [0.5, 0.6) is 0 Å². The van der Waals surface area contributed by atoms with Crippen LogP contribution in [-0.2, 0) is 16.1 Å². The molecular weight excluding hydrogens is 358 g/mol. The zero-order chi connectivity index (χ0) is 19.3. The van der Waals surface area contributed by atoms with Gasteiger partial charge in [-0.2, -0.15) is 4.98 Å². The molecule has 0 unspecified atom stereocenters. The Hall–Kier alpha value is -2.74. The zero-order valence-electron chi connectivity index (χ0n) is 15.8. The van der Waals surface area contributed by atoms with E-state index in [1.165, 1.54) is 6.39 Å². The zero-order valence-corrected chi connectivity index (χ0v) is 15.8. The number of likely N-dealkylation sites (tertiary alicyclic amines) is 1. The molecule has 0 bridgehead atoms. The second-order valence-corrected chi connectivity index (χ2v) is 7.41. The first kappa shape index (κ1) is 18.6. The number of nitrogens with zero attached hydrogens (tertiary/aromatic N) is 4. The Morgan fingerprint density at radius 2 is 1.96 bits per heavy atom. The van der Waals surface area contributed by atoms with E-state index in [0.29, 0.717) is 32.0 Å². The van der Waals surface area contributed by atoms with E-state index in [2.05, 4.69) is 20.4 Å². The van der Waals surface area contributed by atoms with Crippen LogP contribution < -0.4 is 5.32 Å². The van der Waals surface area contributed by atoms with Gasteiger partial charge in [-0.25, -0.2) is 0 Å². The molecule has 2 amide bonds. The van der Waals surface area contributed by atoms with Gasteiger partial charge in [-0.05, 0) is 18.4 Å². The molecule has 2 aromatic rings. The Kier molecular flexibility index (Phi) is 5.66. The predicted molar refractivity (Wildman–Crippen MR) is 101 cm³/mol. The van der Waals surface area contributed by atoms with Crippen molar-refractivity contribution in [2.75, 3.05) is 26.2 Å². The van der Waals surface area contributed by atoms with Gasteiger partial charge in [-0.3, -0.25) is 14.5 Å². The van der Waals surface area contributed by atoms with Crippen molar-refractivity contribution in [3.8, 4) is 0 Å². The molecule has 2 aliphatic heterocycles. The normalized spacial score (nSPS) is 21.5. The van der Waals surface area contributed by atoms with Crippen molar-refractivity contribution in [1.82, 2.24) is 25.3 Å². The van der Waals surface area contributed by atoms with E-state index >= 15 is 0 Å². The molecule has 0 spiro atoms. The minimum Gasteiger partial charge on any atom is -0.353 e. The number of rotatable bonds is 5. The van der Waals surface area contributed by atoms with Crippen LogP contribution in [0.15, 0.2) is 41.2 Å². The van der Waals surface area contributed by atoms with Gasteiger partial charge in [-0.1, -0.05) is 35.5 Å². The number of nitrogens with one attached hydrogen (secondary N) is 1. The minimum atomic E-state index is -0.420. The quantitative estimate of drug-likeness (QED) is 0.833. The summed E-state index contributed by atoms with van der Waals surface area (Å²) < 4.78 is 4.82. The van der Waals surface area contributed by atoms with Crippen LogP contribution in [-0.4, -0.2) is 64.0 Å². The van der Waals surface area contributed by atoms with E-state index in [0.717, 1.165) is 24.9 Å². The van der Waals surface area contributed by atoms with Gasteiger partial charge >= 0.3 is 0 Å². The SMILES string of the molecule is O=C1NCCN(Cc2ccccc2)[C@@H]1CC(=O)N1CCC(c2ncon2)CC1. The molecule has 1 atom stereocenters. The maximum Gasteiger partial charge on any atom is 0.237 e. The average Bonchev–Trinajstić information content (AvgIpc) is 3.26. The highest BCUT2D eigenvalue weighted by atomic mass is 16.5. The summed E-state index contributed by atoms with van der Waals surface area (Å²) in [6.45, 7) is 3.35. The lowest BCUT2D eigenvalue weighted by molar-refractivity contribution is -0.139. The van der Waals surface area contributed by atoms with Gasteiger partial charge < -0.3 is 14.7 Å². The van der Waals surface area contributed by atoms with Crippen LogP contribution in [0.4, 0.5) is 0 Å². The number of aromatic nitrogens is 2. The molecule has 148 valence electrons. The second kappa shape index (κ2) is 8.52. The van der Waals surface area contributed by atoms with Crippen molar-refractivity contribution in [2.45, 2.75) is 37.8 Å². The molecule has 3 heterocycles. The number of carbonyl (C=O) groups excluding carboxylic acids is 2. The number of piperazine rings is 1. The molecule has 1 N–H and O–H groups in total. The molecule has 28 heavy (non-hydrogen) atoms. The van der Waals surface area contributed by atoms with E-state index in [4.69, 9.17) is 4.52 Å². The summed E-state index contributed by atoms with van der Waals surface area (Å²) in [4.78, 5) is 33.4. The van der Waals surface area contributed by atoms with E-state index in [1.807, 2.05) is 35.2 Å². The van der Waals surface area contributed by atoms with Gasteiger partial charge in [-0.15, -0.1) is 0 Å². The molecule has 2 saturated heterocycles. The number of hydrogen-bond donors (Lipinski definition) is 1. The summed E-state index contributed by atoms with van der Waals surface area (Å²) in [5.41, 5.74) is 1.15. The summed E-state index contributed by atoms with van der Waals surface area (Å²) in [7, 11) is 0. The third-order valence-electron chi connectivity index (χ3n) is 5.63. The van der Waals surface area contributed by atoms with E-state index in [1.54, 1.807) is 0 Å². The molecule has 0 aliphatic carbocycles. The van der Waals surface area contributed by atoms with Crippen molar-refractivity contribution in [3.05, 3.63) is 48.1 Å². The molecule has 0 radical (unpaired) electrons. The molecular formula is C20H25N5O3. The average molecular weight is 383 g/mol. The maximum atomic E-state index is 12.9. The van der Waals surface area contributed by atoms with Crippen LogP contribution in [0.2, 0.25) is 0 Å². The topological polar surface area (TPSA) is 91.6 Å². The highest BCUT2D eigenvalue weighted by Gasteiger charge is 2.34. The highest BCUT2D eigenvalue weighted by Crippen LogP contribution is 2.26. The van der Waals surface area contributed by atoms with Gasteiger partial charge in [0.25, 0.3) is 0 Å². The number of piperidine rings is 1. The van der Waals surface area contributed by atoms with Crippen molar-refractivity contribution >= 4 is 11.8 Å². The number of carbonyl (C=O) groups is 2. The Labute approximate surface area is 163 Å². The van der Waals surface area contributed by atoms with Crippen LogP contribution in [0.25, 0.3) is 0 Å². The van der Waals surface area contributed by atoms with Crippen LogP contribution in [0, 0.1) is 0 Å². The smallest absolute Gasteiger partial charge is 0.237 e. The van der Waals surface area contributed by atoms with E-state index in [9.17, 15) is 9.59 Å². The highest BCUT2D eigenvalue weighted by molar-refractivity contribution is 5.88. The fourth-order valence-electron chi connectivity index (χ4n) is 4.03. The monoisotopic (exact) mass is 383 g/mol. The number of benzene rings is 1. The molecule has 4 rings (SSSR count). The Balaban J connectivity index is 1.35.